The minimum absolute atomic E-state index is 0.114. The van der Waals surface area contributed by atoms with Gasteiger partial charge in [0.2, 0.25) is 0 Å². The van der Waals surface area contributed by atoms with Gasteiger partial charge in [-0.1, -0.05) is 23.2 Å². The molecule has 0 aliphatic rings. The Morgan fingerprint density at radius 1 is 1.16 bits per heavy atom. The zero-order valence-corrected chi connectivity index (χ0v) is 14.5. The van der Waals surface area contributed by atoms with E-state index in [-0.39, 0.29) is 12.5 Å². The van der Waals surface area contributed by atoms with Crippen LogP contribution in [0.2, 0.25) is 10.0 Å². The van der Waals surface area contributed by atoms with Crippen LogP contribution in [0.5, 0.6) is 5.75 Å². The molecule has 128 valence electrons. The summed E-state index contributed by atoms with van der Waals surface area (Å²) in [5.41, 5.74) is 0.918. The van der Waals surface area contributed by atoms with Gasteiger partial charge in [0.25, 0.3) is 5.91 Å². The number of carbonyl (C=O) groups is 1. The summed E-state index contributed by atoms with van der Waals surface area (Å²) in [6.45, 7) is 0.255. The summed E-state index contributed by atoms with van der Waals surface area (Å²) in [7, 11) is 0. The van der Waals surface area contributed by atoms with E-state index in [4.69, 9.17) is 27.9 Å². The molecule has 1 aromatic carbocycles. The van der Waals surface area contributed by atoms with E-state index in [0.29, 0.717) is 22.3 Å². The fourth-order valence-electron chi connectivity index (χ4n) is 2.07. The molecule has 0 aliphatic heterocycles. The van der Waals surface area contributed by atoms with Crippen molar-refractivity contribution in [2.45, 2.75) is 6.54 Å². The molecular formula is C17H14Cl2N4O2. The van der Waals surface area contributed by atoms with Crippen LogP contribution in [0.25, 0.3) is 5.82 Å². The zero-order valence-electron chi connectivity index (χ0n) is 13.0. The van der Waals surface area contributed by atoms with Crippen molar-refractivity contribution in [3.63, 3.8) is 0 Å². The molecule has 0 spiro atoms. The van der Waals surface area contributed by atoms with E-state index in [1.165, 1.54) is 0 Å². The van der Waals surface area contributed by atoms with Gasteiger partial charge in [0.15, 0.2) is 6.61 Å². The van der Waals surface area contributed by atoms with Gasteiger partial charge in [-0.2, -0.15) is 0 Å². The van der Waals surface area contributed by atoms with Gasteiger partial charge in [-0.05, 0) is 29.8 Å². The lowest BCUT2D eigenvalue weighted by atomic mass is 10.2. The van der Waals surface area contributed by atoms with Gasteiger partial charge in [0.05, 0.1) is 10.0 Å². The first kappa shape index (κ1) is 17.3. The smallest absolute Gasteiger partial charge is 0.258 e. The predicted molar refractivity (Wildman–Crippen MR) is 95.2 cm³/mol. The molecular weight excluding hydrogens is 363 g/mol. The average Bonchev–Trinajstić information content (AvgIpc) is 3.16. The SMILES string of the molecule is O=C(COc1ccc(Cl)c(Cl)c1)NCc1ccnc(-n2ccnc2)c1. The normalized spacial score (nSPS) is 10.5. The van der Waals surface area contributed by atoms with Crippen molar-refractivity contribution in [1.82, 2.24) is 19.9 Å². The summed E-state index contributed by atoms with van der Waals surface area (Å²) in [4.78, 5) is 20.2. The standard InChI is InChI=1S/C17H14Cl2N4O2/c18-14-2-1-13(8-15(14)19)25-10-17(24)22-9-12-3-4-21-16(7-12)23-6-5-20-11-23/h1-8,11H,9-10H2,(H,22,24). The van der Waals surface area contributed by atoms with Gasteiger partial charge in [-0.25, -0.2) is 9.97 Å². The first-order valence-electron chi connectivity index (χ1n) is 7.39. The Hall–Kier alpha value is -2.57. The fourth-order valence-corrected chi connectivity index (χ4v) is 2.36. The largest absolute Gasteiger partial charge is 0.484 e. The molecule has 0 unspecified atom stereocenters. The minimum Gasteiger partial charge on any atom is -0.484 e. The number of aromatic nitrogens is 3. The minimum atomic E-state index is -0.243. The number of hydrogen-bond acceptors (Lipinski definition) is 4. The van der Waals surface area contributed by atoms with Crippen LogP contribution in [0.1, 0.15) is 5.56 Å². The predicted octanol–water partition coefficient (Wildman–Crippen LogP) is 3.27. The number of rotatable bonds is 6. The van der Waals surface area contributed by atoms with Gasteiger partial charge < -0.3 is 10.1 Å². The topological polar surface area (TPSA) is 69.0 Å². The molecule has 3 rings (SSSR count). The summed E-state index contributed by atoms with van der Waals surface area (Å²) in [5.74, 6) is 0.972. The molecule has 0 radical (unpaired) electrons. The van der Waals surface area contributed by atoms with Crippen LogP contribution in [-0.4, -0.2) is 27.0 Å². The number of halogens is 2. The van der Waals surface area contributed by atoms with Crippen molar-refractivity contribution in [3.05, 3.63) is 70.9 Å². The van der Waals surface area contributed by atoms with Crippen molar-refractivity contribution in [1.29, 1.82) is 0 Å². The van der Waals surface area contributed by atoms with Gasteiger partial charge in [0.1, 0.15) is 17.9 Å². The van der Waals surface area contributed by atoms with Crippen molar-refractivity contribution >= 4 is 29.1 Å². The number of ether oxygens (including phenoxy) is 1. The Morgan fingerprint density at radius 2 is 2.04 bits per heavy atom. The second-order valence-corrected chi connectivity index (χ2v) is 5.95. The molecule has 1 amide bonds. The van der Waals surface area contributed by atoms with Crippen LogP contribution in [0.3, 0.4) is 0 Å². The quantitative estimate of drug-likeness (QED) is 0.716. The first-order chi connectivity index (χ1) is 12.1. The summed E-state index contributed by atoms with van der Waals surface area (Å²) in [6, 6.07) is 8.55. The number of nitrogens with zero attached hydrogens (tertiary/aromatic N) is 3. The Balaban J connectivity index is 1.52. The van der Waals surface area contributed by atoms with E-state index in [9.17, 15) is 4.79 Å². The molecule has 2 aromatic heterocycles. The van der Waals surface area contributed by atoms with E-state index in [2.05, 4.69) is 15.3 Å². The van der Waals surface area contributed by atoms with Crippen LogP contribution in [-0.2, 0) is 11.3 Å². The highest BCUT2D eigenvalue weighted by Crippen LogP contribution is 2.26. The van der Waals surface area contributed by atoms with E-state index >= 15 is 0 Å². The molecule has 8 heteroatoms. The number of hydrogen-bond donors (Lipinski definition) is 1. The third kappa shape index (κ3) is 4.71. The summed E-state index contributed by atoms with van der Waals surface area (Å²) in [5, 5.41) is 3.61. The molecule has 0 aliphatic carbocycles. The van der Waals surface area contributed by atoms with Crippen molar-refractivity contribution < 1.29 is 9.53 Å². The number of carbonyl (C=O) groups excluding carboxylic acids is 1. The number of amides is 1. The molecule has 3 aromatic rings. The second kappa shape index (κ2) is 8.00. The number of pyridine rings is 1. The highest BCUT2D eigenvalue weighted by atomic mass is 35.5. The van der Waals surface area contributed by atoms with Crippen LogP contribution in [0.4, 0.5) is 0 Å². The third-order valence-electron chi connectivity index (χ3n) is 3.33. The van der Waals surface area contributed by atoms with Crippen LogP contribution < -0.4 is 10.1 Å². The van der Waals surface area contributed by atoms with Crippen LogP contribution in [0, 0.1) is 0 Å². The Labute approximate surface area is 154 Å². The van der Waals surface area contributed by atoms with Gasteiger partial charge in [-0.3, -0.25) is 9.36 Å². The zero-order chi connectivity index (χ0) is 17.6. The summed E-state index contributed by atoms with van der Waals surface area (Å²) in [6.07, 6.45) is 6.82. The molecule has 0 saturated carbocycles. The molecule has 2 heterocycles. The number of benzene rings is 1. The second-order valence-electron chi connectivity index (χ2n) is 5.13. The van der Waals surface area contributed by atoms with Gasteiger partial charge in [-0.15, -0.1) is 0 Å². The average molecular weight is 377 g/mol. The Kier molecular flexibility index (Phi) is 5.53. The lowest BCUT2D eigenvalue weighted by Crippen LogP contribution is -2.28. The van der Waals surface area contributed by atoms with Crippen LogP contribution in [0.15, 0.2) is 55.2 Å². The maximum absolute atomic E-state index is 11.9. The van der Waals surface area contributed by atoms with E-state index < -0.39 is 0 Å². The molecule has 6 nitrogen and oxygen atoms in total. The lowest BCUT2D eigenvalue weighted by Gasteiger charge is -2.09. The molecule has 0 fully saturated rings. The third-order valence-corrected chi connectivity index (χ3v) is 4.07. The van der Waals surface area contributed by atoms with Gasteiger partial charge >= 0.3 is 0 Å². The summed E-state index contributed by atoms with van der Waals surface area (Å²) < 4.78 is 7.19. The highest BCUT2D eigenvalue weighted by molar-refractivity contribution is 6.42. The fraction of sp³-hybridized carbons (Fsp3) is 0.118. The van der Waals surface area contributed by atoms with Crippen molar-refractivity contribution in [2.24, 2.45) is 0 Å². The summed E-state index contributed by atoms with van der Waals surface area (Å²) >= 11 is 11.7. The number of nitrogens with one attached hydrogen (secondary N) is 1. The molecule has 1 N–H and O–H groups in total. The molecule has 25 heavy (non-hydrogen) atoms. The number of imidazole rings is 1. The highest BCUT2D eigenvalue weighted by Gasteiger charge is 2.06. The first-order valence-corrected chi connectivity index (χ1v) is 8.15. The van der Waals surface area contributed by atoms with Crippen molar-refractivity contribution in [3.8, 4) is 11.6 Å². The molecule has 0 bridgehead atoms. The van der Waals surface area contributed by atoms with E-state index in [1.807, 2.05) is 12.1 Å². The Bertz CT molecular complexity index is 869. The van der Waals surface area contributed by atoms with Gasteiger partial charge in [0, 0.05) is 31.2 Å². The maximum Gasteiger partial charge on any atom is 0.258 e. The van der Waals surface area contributed by atoms with E-state index in [1.54, 1.807) is 47.7 Å². The molecule has 0 saturated heterocycles. The lowest BCUT2D eigenvalue weighted by molar-refractivity contribution is -0.123. The monoisotopic (exact) mass is 376 g/mol. The Morgan fingerprint density at radius 3 is 2.80 bits per heavy atom. The molecule has 0 atom stereocenters. The van der Waals surface area contributed by atoms with Crippen LogP contribution >= 0.6 is 23.2 Å². The maximum atomic E-state index is 11.9. The van der Waals surface area contributed by atoms with Crippen molar-refractivity contribution in [2.75, 3.05) is 6.61 Å². The van der Waals surface area contributed by atoms with E-state index in [0.717, 1.165) is 11.4 Å².